The molecule has 1 aliphatic heterocycles. The summed E-state index contributed by atoms with van der Waals surface area (Å²) in [5.74, 6) is 1.09. The molecule has 0 radical (unpaired) electrons. The van der Waals surface area contributed by atoms with Gasteiger partial charge in [-0.25, -0.2) is 4.98 Å². The van der Waals surface area contributed by atoms with Crippen LogP contribution in [0.5, 0.6) is 0 Å². The van der Waals surface area contributed by atoms with Gasteiger partial charge in [0, 0.05) is 37.0 Å². The molecule has 1 unspecified atom stereocenters. The first-order valence-corrected chi connectivity index (χ1v) is 6.40. The number of carbonyl (C=O) groups is 1. The smallest absolute Gasteiger partial charge is 0.221 e. The predicted octanol–water partition coefficient (Wildman–Crippen LogP) is 1.63. The molecular formula is C14H16N4O. The minimum Gasteiger partial charge on any atom is -0.384 e. The van der Waals surface area contributed by atoms with Crippen molar-refractivity contribution in [1.82, 2.24) is 15.3 Å². The van der Waals surface area contributed by atoms with Crippen LogP contribution in [-0.2, 0) is 11.3 Å². The Labute approximate surface area is 111 Å². The zero-order valence-corrected chi connectivity index (χ0v) is 10.5. The summed E-state index contributed by atoms with van der Waals surface area (Å²) in [6, 6.07) is 8.15. The lowest BCUT2D eigenvalue weighted by Gasteiger charge is -2.09. The van der Waals surface area contributed by atoms with Gasteiger partial charge in [-0.1, -0.05) is 18.2 Å². The second-order valence-corrected chi connectivity index (χ2v) is 4.68. The summed E-state index contributed by atoms with van der Waals surface area (Å²) in [6.45, 7) is 1.28. The fraction of sp³-hybridized carbons (Fsp3) is 0.286. The number of para-hydroxylation sites is 1. The molecule has 3 rings (SSSR count). The normalized spacial score (nSPS) is 16.7. The van der Waals surface area contributed by atoms with Gasteiger partial charge in [0.2, 0.25) is 5.91 Å². The molecule has 98 valence electrons. The zero-order valence-electron chi connectivity index (χ0n) is 10.5. The number of anilines is 1. The first-order chi connectivity index (χ1) is 9.33. The van der Waals surface area contributed by atoms with Gasteiger partial charge in [0.25, 0.3) is 0 Å². The molecule has 3 N–H and O–H groups in total. The summed E-state index contributed by atoms with van der Waals surface area (Å²) in [5.41, 5.74) is 2.38. The van der Waals surface area contributed by atoms with Crippen LogP contribution in [0.3, 0.4) is 0 Å². The van der Waals surface area contributed by atoms with Crippen molar-refractivity contribution in [1.29, 1.82) is 0 Å². The van der Waals surface area contributed by atoms with E-state index in [1.54, 1.807) is 12.4 Å². The highest BCUT2D eigenvalue weighted by atomic mass is 16.1. The lowest BCUT2D eigenvalue weighted by Crippen LogP contribution is -2.25. The fourth-order valence-electron chi connectivity index (χ4n) is 2.41. The topological polar surface area (TPSA) is 69.8 Å². The van der Waals surface area contributed by atoms with Crippen molar-refractivity contribution in [3.8, 4) is 0 Å². The average molecular weight is 256 g/mol. The van der Waals surface area contributed by atoms with Crippen LogP contribution >= 0.6 is 0 Å². The summed E-state index contributed by atoms with van der Waals surface area (Å²) in [6.07, 6.45) is 3.93. The molecule has 0 aliphatic carbocycles. The molecule has 0 saturated carbocycles. The Bertz CT molecular complexity index is 565. The number of aromatic nitrogens is 2. The summed E-state index contributed by atoms with van der Waals surface area (Å²) in [5, 5.41) is 6.21. The zero-order chi connectivity index (χ0) is 13.1. The number of nitrogens with one attached hydrogen (secondary N) is 3. The number of H-pyrrole nitrogens is 1. The Kier molecular flexibility index (Phi) is 3.18. The number of benzene rings is 1. The number of hydrogen-bond donors (Lipinski definition) is 3. The predicted molar refractivity (Wildman–Crippen MR) is 72.7 cm³/mol. The largest absolute Gasteiger partial charge is 0.384 e. The van der Waals surface area contributed by atoms with Gasteiger partial charge in [-0.15, -0.1) is 0 Å². The Balaban J connectivity index is 1.56. The fourth-order valence-corrected chi connectivity index (χ4v) is 2.41. The monoisotopic (exact) mass is 256 g/mol. The number of amides is 1. The molecule has 1 atom stereocenters. The molecule has 0 bridgehead atoms. The van der Waals surface area contributed by atoms with Crippen LogP contribution < -0.4 is 10.6 Å². The standard InChI is InChI=1S/C14H16N4O/c19-14(18-9-13-15-5-6-16-13)7-10-8-17-12-4-2-1-3-11(10)12/h1-6,10,17H,7-9H2,(H,15,16)(H,18,19). The van der Waals surface area contributed by atoms with Crippen molar-refractivity contribution in [3.05, 3.63) is 48.0 Å². The molecule has 2 aromatic rings. The van der Waals surface area contributed by atoms with E-state index < -0.39 is 0 Å². The highest BCUT2D eigenvalue weighted by molar-refractivity contribution is 5.78. The molecule has 19 heavy (non-hydrogen) atoms. The third-order valence-corrected chi connectivity index (χ3v) is 3.38. The van der Waals surface area contributed by atoms with E-state index in [0.717, 1.165) is 18.1 Å². The molecule has 5 heteroatoms. The van der Waals surface area contributed by atoms with E-state index >= 15 is 0 Å². The third-order valence-electron chi connectivity index (χ3n) is 3.38. The lowest BCUT2D eigenvalue weighted by molar-refractivity contribution is -0.121. The van der Waals surface area contributed by atoms with Crippen molar-refractivity contribution in [2.24, 2.45) is 0 Å². The molecule has 5 nitrogen and oxygen atoms in total. The Morgan fingerprint density at radius 2 is 2.32 bits per heavy atom. The first kappa shape index (κ1) is 11.8. The van der Waals surface area contributed by atoms with Crippen molar-refractivity contribution < 1.29 is 4.79 Å². The second kappa shape index (κ2) is 5.14. The minimum atomic E-state index is 0.0555. The number of fused-ring (bicyclic) bond motifs is 1. The Morgan fingerprint density at radius 3 is 3.16 bits per heavy atom. The Morgan fingerprint density at radius 1 is 1.42 bits per heavy atom. The number of aromatic amines is 1. The number of imidazole rings is 1. The van der Waals surface area contributed by atoms with E-state index in [9.17, 15) is 4.79 Å². The maximum Gasteiger partial charge on any atom is 0.221 e. The molecule has 1 aliphatic rings. The van der Waals surface area contributed by atoms with Gasteiger partial charge < -0.3 is 15.6 Å². The van der Waals surface area contributed by atoms with Gasteiger partial charge in [0.15, 0.2) is 0 Å². The molecule has 0 spiro atoms. The number of nitrogens with zero attached hydrogens (tertiary/aromatic N) is 1. The van der Waals surface area contributed by atoms with E-state index in [1.807, 2.05) is 12.1 Å². The van der Waals surface area contributed by atoms with E-state index in [-0.39, 0.29) is 11.8 Å². The minimum absolute atomic E-state index is 0.0555. The van der Waals surface area contributed by atoms with E-state index in [2.05, 4.69) is 32.7 Å². The summed E-state index contributed by atoms with van der Waals surface area (Å²) >= 11 is 0. The second-order valence-electron chi connectivity index (χ2n) is 4.68. The van der Waals surface area contributed by atoms with Crippen molar-refractivity contribution in [2.75, 3.05) is 11.9 Å². The van der Waals surface area contributed by atoms with E-state index in [4.69, 9.17) is 0 Å². The summed E-state index contributed by atoms with van der Waals surface area (Å²) in [7, 11) is 0. The molecule has 1 amide bonds. The molecule has 1 aromatic carbocycles. The van der Waals surface area contributed by atoms with Gasteiger partial charge in [0.05, 0.1) is 6.54 Å². The van der Waals surface area contributed by atoms with Crippen molar-refractivity contribution in [2.45, 2.75) is 18.9 Å². The highest BCUT2D eigenvalue weighted by Crippen LogP contribution is 2.32. The molecule has 0 saturated heterocycles. The Hall–Kier alpha value is -2.30. The highest BCUT2D eigenvalue weighted by Gasteiger charge is 2.23. The SMILES string of the molecule is O=C(CC1CNc2ccccc21)NCc1ncc[nH]1. The third kappa shape index (κ3) is 2.59. The van der Waals surface area contributed by atoms with Crippen LogP contribution in [0.15, 0.2) is 36.7 Å². The number of rotatable bonds is 4. The van der Waals surface area contributed by atoms with Gasteiger partial charge in [-0.2, -0.15) is 0 Å². The van der Waals surface area contributed by atoms with Crippen LogP contribution in [-0.4, -0.2) is 22.4 Å². The van der Waals surface area contributed by atoms with Crippen LogP contribution in [0, 0.1) is 0 Å². The molecule has 1 aromatic heterocycles. The van der Waals surface area contributed by atoms with Crippen LogP contribution in [0.25, 0.3) is 0 Å². The molecular weight excluding hydrogens is 240 g/mol. The summed E-state index contributed by atoms with van der Waals surface area (Å²) < 4.78 is 0. The first-order valence-electron chi connectivity index (χ1n) is 6.40. The molecule has 2 heterocycles. The van der Waals surface area contributed by atoms with Gasteiger partial charge in [0.1, 0.15) is 5.82 Å². The molecule has 0 fully saturated rings. The van der Waals surface area contributed by atoms with E-state index in [1.165, 1.54) is 5.56 Å². The van der Waals surface area contributed by atoms with Crippen LogP contribution in [0.1, 0.15) is 23.7 Å². The van der Waals surface area contributed by atoms with Gasteiger partial charge in [-0.05, 0) is 11.6 Å². The van der Waals surface area contributed by atoms with Gasteiger partial charge in [-0.3, -0.25) is 4.79 Å². The van der Waals surface area contributed by atoms with Crippen molar-refractivity contribution >= 4 is 11.6 Å². The summed E-state index contributed by atoms with van der Waals surface area (Å²) in [4.78, 5) is 19.0. The quantitative estimate of drug-likeness (QED) is 0.778. The maximum atomic E-state index is 11.9. The maximum absolute atomic E-state index is 11.9. The number of hydrogen-bond acceptors (Lipinski definition) is 3. The lowest BCUT2D eigenvalue weighted by atomic mass is 9.98. The van der Waals surface area contributed by atoms with E-state index in [0.29, 0.717) is 13.0 Å². The van der Waals surface area contributed by atoms with Gasteiger partial charge >= 0.3 is 0 Å². The van der Waals surface area contributed by atoms with Crippen LogP contribution in [0.2, 0.25) is 0 Å². The number of carbonyl (C=O) groups excluding carboxylic acids is 1. The average Bonchev–Trinajstić information content (AvgIpc) is 3.07. The van der Waals surface area contributed by atoms with Crippen molar-refractivity contribution in [3.63, 3.8) is 0 Å². The van der Waals surface area contributed by atoms with Crippen LogP contribution in [0.4, 0.5) is 5.69 Å².